The van der Waals surface area contributed by atoms with Gasteiger partial charge in [-0.2, -0.15) is 0 Å². The lowest BCUT2D eigenvalue weighted by molar-refractivity contribution is 0.0818. The average molecular weight is 436 g/mol. The van der Waals surface area contributed by atoms with Gasteiger partial charge in [0.05, 0.1) is 19.8 Å². The van der Waals surface area contributed by atoms with Crippen LogP contribution in [0.2, 0.25) is 0 Å². The zero-order valence-electron chi connectivity index (χ0n) is 18.7. The molecule has 1 aliphatic heterocycles. The van der Waals surface area contributed by atoms with Crippen LogP contribution >= 0.6 is 0 Å². The van der Waals surface area contributed by atoms with Crippen LogP contribution in [0.5, 0.6) is 5.75 Å². The number of H-pyrrole nitrogens is 1. The maximum Gasteiger partial charge on any atom is 0.322 e. The molecular formula is C25H29N3O4. The van der Waals surface area contributed by atoms with Gasteiger partial charge >= 0.3 is 6.03 Å². The number of aromatic nitrogens is 1. The number of nitrogens with zero attached hydrogens (tertiary/aromatic N) is 1. The van der Waals surface area contributed by atoms with Gasteiger partial charge in [-0.3, -0.25) is 4.79 Å². The minimum Gasteiger partial charge on any atom is -0.497 e. The van der Waals surface area contributed by atoms with Crippen molar-refractivity contribution in [2.24, 2.45) is 0 Å². The quantitative estimate of drug-likeness (QED) is 0.602. The van der Waals surface area contributed by atoms with Crippen molar-refractivity contribution in [3.05, 3.63) is 69.5 Å². The first-order valence-corrected chi connectivity index (χ1v) is 10.9. The summed E-state index contributed by atoms with van der Waals surface area (Å²) in [5.41, 5.74) is 4.10. The van der Waals surface area contributed by atoms with Crippen LogP contribution < -0.4 is 15.6 Å². The minimum absolute atomic E-state index is 0.0268. The van der Waals surface area contributed by atoms with Crippen LogP contribution in [-0.2, 0) is 11.3 Å². The standard InChI is InChI=1S/C25H29N3O4/c1-16-11-18-13-19(24(29)27-23(18)12-17(16)2)14-28(15-22-5-4-10-32-22)25(30)26-20-6-8-21(31-3)9-7-20/h6-9,11-13,22H,4-5,10,14-15H2,1-3H3,(H,26,30)(H,27,29)/t22-/m0/s1. The Morgan fingerprint density at radius 3 is 2.62 bits per heavy atom. The number of carbonyl (C=O) groups excluding carboxylic acids is 1. The molecule has 3 aromatic rings. The molecule has 1 atom stereocenters. The lowest BCUT2D eigenvalue weighted by Gasteiger charge is -2.26. The third kappa shape index (κ3) is 4.94. The molecule has 7 nitrogen and oxygen atoms in total. The third-order valence-corrected chi connectivity index (χ3v) is 5.97. The molecular weight excluding hydrogens is 406 g/mol. The van der Waals surface area contributed by atoms with Crippen molar-refractivity contribution >= 4 is 22.6 Å². The van der Waals surface area contributed by atoms with Crippen molar-refractivity contribution in [2.45, 2.75) is 39.3 Å². The Balaban J connectivity index is 1.59. The molecule has 1 saturated heterocycles. The molecule has 2 aromatic carbocycles. The summed E-state index contributed by atoms with van der Waals surface area (Å²) < 4.78 is 10.9. The number of anilines is 1. The highest BCUT2D eigenvalue weighted by Gasteiger charge is 2.24. The topological polar surface area (TPSA) is 83.7 Å². The van der Waals surface area contributed by atoms with Crippen molar-refractivity contribution < 1.29 is 14.3 Å². The molecule has 1 fully saturated rings. The largest absolute Gasteiger partial charge is 0.497 e. The highest BCUT2D eigenvalue weighted by molar-refractivity contribution is 5.89. The van der Waals surface area contributed by atoms with Gasteiger partial charge in [0.1, 0.15) is 5.75 Å². The fourth-order valence-corrected chi connectivity index (χ4v) is 3.98. The molecule has 0 saturated carbocycles. The third-order valence-electron chi connectivity index (χ3n) is 5.97. The van der Waals surface area contributed by atoms with Gasteiger partial charge < -0.3 is 24.7 Å². The van der Waals surface area contributed by atoms with Gasteiger partial charge in [0, 0.05) is 29.9 Å². The molecule has 0 radical (unpaired) electrons. The molecule has 0 spiro atoms. The number of hydrogen-bond donors (Lipinski definition) is 2. The van der Waals surface area contributed by atoms with Gasteiger partial charge in [0.2, 0.25) is 0 Å². The Bertz CT molecular complexity index is 1160. The number of ether oxygens (including phenoxy) is 2. The summed E-state index contributed by atoms with van der Waals surface area (Å²) in [6.45, 7) is 5.39. The zero-order valence-corrected chi connectivity index (χ0v) is 18.7. The first-order valence-electron chi connectivity index (χ1n) is 10.9. The second-order valence-electron chi connectivity index (χ2n) is 8.32. The van der Waals surface area contributed by atoms with Crippen LogP contribution in [0.4, 0.5) is 10.5 Å². The number of nitrogens with one attached hydrogen (secondary N) is 2. The molecule has 4 rings (SSSR count). The Labute approximate surface area is 187 Å². The Kier molecular flexibility index (Phi) is 6.46. The van der Waals surface area contributed by atoms with E-state index in [0.29, 0.717) is 30.2 Å². The number of pyridine rings is 1. The molecule has 32 heavy (non-hydrogen) atoms. The fraction of sp³-hybridized carbons (Fsp3) is 0.360. The van der Waals surface area contributed by atoms with E-state index >= 15 is 0 Å². The van der Waals surface area contributed by atoms with E-state index in [1.807, 2.05) is 26.0 Å². The summed E-state index contributed by atoms with van der Waals surface area (Å²) in [4.78, 5) is 30.6. The summed E-state index contributed by atoms with van der Waals surface area (Å²) in [5, 5.41) is 3.88. The SMILES string of the molecule is COc1ccc(NC(=O)N(Cc2cc3cc(C)c(C)cc3[nH]c2=O)C[C@@H]2CCCO2)cc1. The van der Waals surface area contributed by atoms with E-state index in [4.69, 9.17) is 9.47 Å². The molecule has 2 amide bonds. The normalized spacial score (nSPS) is 15.7. The number of fused-ring (bicyclic) bond motifs is 1. The van der Waals surface area contributed by atoms with Crippen molar-refractivity contribution in [3.8, 4) is 5.75 Å². The maximum absolute atomic E-state index is 13.1. The van der Waals surface area contributed by atoms with Gasteiger partial charge in [-0.05, 0) is 85.7 Å². The number of amides is 2. The number of hydrogen-bond acceptors (Lipinski definition) is 4. The summed E-state index contributed by atoms with van der Waals surface area (Å²) in [7, 11) is 1.60. The number of benzene rings is 2. The predicted molar refractivity (Wildman–Crippen MR) is 125 cm³/mol. The van der Waals surface area contributed by atoms with Gasteiger partial charge in [-0.1, -0.05) is 0 Å². The molecule has 2 N–H and O–H groups in total. The molecule has 0 unspecified atom stereocenters. The minimum atomic E-state index is -0.273. The zero-order chi connectivity index (χ0) is 22.7. The Morgan fingerprint density at radius 2 is 1.94 bits per heavy atom. The van der Waals surface area contributed by atoms with Crippen LogP contribution in [0.15, 0.2) is 47.3 Å². The van der Waals surface area contributed by atoms with E-state index in [9.17, 15) is 9.59 Å². The molecule has 1 aromatic heterocycles. The number of aryl methyl sites for hydroxylation is 2. The Morgan fingerprint density at radius 1 is 1.19 bits per heavy atom. The Hall–Kier alpha value is -3.32. The average Bonchev–Trinajstić information content (AvgIpc) is 3.29. The molecule has 2 heterocycles. The number of carbonyl (C=O) groups is 1. The number of methoxy groups -OCH3 is 1. The van der Waals surface area contributed by atoms with Crippen molar-refractivity contribution in [2.75, 3.05) is 25.6 Å². The fourth-order valence-electron chi connectivity index (χ4n) is 3.98. The second-order valence-corrected chi connectivity index (χ2v) is 8.32. The number of aromatic amines is 1. The summed E-state index contributed by atoms with van der Waals surface area (Å²) >= 11 is 0. The smallest absolute Gasteiger partial charge is 0.322 e. The van der Waals surface area contributed by atoms with Gasteiger partial charge in [-0.25, -0.2) is 4.79 Å². The van der Waals surface area contributed by atoms with Crippen LogP contribution in [0, 0.1) is 13.8 Å². The predicted octanol–water partition coefficient (Wildman–Crippen LogP) is 4.37. The van der Waals surface area contributed by atoms with Crippen molar-refractivity contribution in [1.29, 1.82) is 0 Å². The lowest BCUT2D eigenvalue weighted by atomic mass is 10.0. The lowest BCUT2D eigenvalue weighted by Crippen LogP contribution is -2.40. The van der Waals surface area contributed by atoms with Crippen LogP contribution in [0.3, 0.4) is 0 Å². The van der Waals surface area contributed by atoms with E-state index in [-0.39, 0.29) is 24.2 Å². The van der Waals surface area contributed by atoms with Crippen molar-refractivity contribution in [1.82, 2.24) is 9.88 Å². The van der Waals surface area contributed by atoms with E-state index in [1.54, 1.807) is 36.3 Å². The molecule has 0 bridgehead atoms. The first kappa shape index (κ1) is 21.9. The van der Waals surface area contributed by atoms with E-state index in [2.05, 4.69) is 16.4 Å². The van der Waals surface area contributed by atoms with Crippen LogP contribution in [0.1, 0.15) is 29.5 Å². The van der Waals surface area contributed by atoms with Gasteiger partial charge in [0.15, 0.2) is 0 Å². The van der Waals surface area contributed by atoms with Gasteiger partial charge in [0.25, 0.3) is 5.56 Å². The monoisotopic (exact) mass is 435 g/mol. The molecule has 168 valence electrons. The summed E-state index contributed by atoms with van der Waals surface area (Å²) in [6, 6.07) is 12.8. The van der Waals surface area contributed by atoms with Crippen molar-refractivity contribution in [3.63, 3.8) is 0 Å². The summed E-state index contributed by atoms with van der Waals surface area (Å²) in [5.74, 6) is 0.715. The van der Waals surface area contributed by atoms with E-state index in [1.165, 1.54) is 0 Å². The molecule has 7 heteroatoms. The highest BCUT2D eigenvalue weighted by atomic mass is 16.5. The highest BCUT2D eigenvalue weighted by Crippen LogP contribution is 2.20. The second kappa shape index (κ2) is 9.44. The molecule has 0 aliphatic carbocycles. The number of rotatable bonds is 6. The van der Waals surface area contributed by atoms with Gasteiger partial charge in [-0.15, -0.1) is 0 Å². The van der Waals surface area contributed by atoms with Crippen LogP contribution in [0.25, 0.3) is 10.9 Å². The van der Waals surface area contributed by atoms with E-state index in [0.717, 1.165) is 34.9 Å². The van der Waals surface area contributed by atoms with Crippen LogP contribution in [-0.4, -0.2) is 42.3 Å². The number of urea groups is 1. The van der Waals surface area contributed by atoms with E-state index < -0.39 is 0 Å². The summed E-state index contributed by atoms with van der Waals surface area (Å²) in [6.07, 6.45) is 1.85. The molecule has 1 aliphatic rings. The first-order chi connectivity index (χ1) is 15.4. The maximum atomic E-state index is 13.1.